The van der Waals surface area contributed by atoms with Crippen molar-refractivity contribution in [3.05, 3.63) is 12.1 Å². The number of hydrogen-bond acceptors (Lipinski definition) is 4. The number of anilines is 2. The molecule has 1 aromatic heterocycles. The van der Waals surface area contributed by atoms with E-state index in [0.29, 0.717) is 0 Å². The van der Waals surface area contributed by atoms with Crippen LogP contribution in [0.15, 0.2) is 12.1 Å². The molecule has 0 amide bonds. The number of rotatable bonds is 2. The lowest BCUT2D eigenvalue weighted by atomic mass is 10.4. The van der Waals surface area contributed by atoms with Crippen LogP contribution in [0.4, 0.5) is 11.6 Å². The van der Waals surface area contributed by atoms with Gasteiger partial charge >= 0.3 is 0 Å². The maximum Gasteiger partial charge on any atom is 0.151 e. The first-order chi connectivity index (χ1) is 8.37. The van der Waals surface area contributed by atoms with Crippen LogP contribution in [0.1, 0.15) is 17.8 Å². The highest BCUT2D eigenvalue weighted by atomic mass is 15.3. The Morgan fingerprint density at radius 2 is 2.64 bits per heavy atom. The highest BCUT2D eigenvalue weighted by molar-refractivity contribution is 5.40. The van der Waals surface area contributed by atoms with Crippen molar-refractivity contribution in [3.8, 4) is 0 Å². The number of hydrogen-bond donors (Lipinski definition) is 1. The van der Waals surface area contributed by atoms with Crippen LogP contribution in [0.3, 0.4) is 0 Å². The molecule has 60 valence electrons. The SMILES string of the molecule is [2H]C([2H])([2H])N(c1ccc(N)nn1)C([2H])([2H])C([2H])([2H])[2H]. The molecule has 0 bridgehead atoms. The van der Waals surface area contributed by atoms with Gasteiger partial charge in [-0.2, -0.15) is 0 Å². The van der Waals surface area contributed by atoms with E-state index in [1.807, 2.05) is 0 Å². The van der Waals surface area contributed by atoms with Crippen molar-refractivity contribution >= 4 is 11.6 Å². The third-order valence-electron chi connectivity index (χ3n) is 1.01. The van der Waals surface area contributed by atoms with Gasteiger partial charge in [-0.15, -0.1) is 10.2 Å². The second-order valence-corrected chi connectivity index (χ2v) is 1.76. The predicted octanol–water partition coefficient (Wildman–Crippen LogP) is 0.515. The molecule has 0 spiro atoms. The molecule has 4 heteroatoms. The number of nitrogens with two attached hydrogens (primary N) is 1. The van der Waals surface area contributed by atoms with E-state index in [0.717, 1.165) is 6.07 Å². The fourth-order valence-electron chi connectivity index (χ4n) is 0.512. The van der Waals surface area contributed by atoms with Crippen LogP contribution < -0.4 is 10.6 Å². The summed E-state index contributed by atoms with van der Waals surface area (Å²) in [6, 6.07) is 2.30. The van der Waals surface area contributed by atoms with Gasteiger partial charge in [-0.3, -0.25) is 0 Å². The first-order valence-electron chi connectivity index (χ1n) is 6.77. The summed E-state index contributed by atoms with van der Waals surface area (Å²) < 4.78 is 58.4. The third-order valence-corrected chi connectivity index (χ3v) is 1.01. The summed E-state index contributed by atoms with van der Waals surface area (Å²) >= 11 is 0. The second kappa shape index (κ2) is 3.18. The van der Waals surface area contributed by atoms with E-state index in [4.69, 9.17) is 16.7 Å². The van der Waals surface area contributed by atoms with E-state index < -0.39 is 26.1 Å². The summed E-state index contributed by atoms with van der Waals surface area (Å²) in [6.45, 7) is -9.35. The quantitative estimate of drug-likeness (QED) is 0.685. The van der Waals surface area contributed by atoms with E-state index in [-0.39, 0.29) is 10.7 Å². The van der Waals surface area contributed by atoms with Crippen molar-refractivity contribution in [2.24, 2.45) is 0 Å². The molecule has 0 radical (unpaired) electrons. The molecule has 11 heavy (non-hydrogen) atoms. The van der Waals surface area contributed by atoms with Gasteiger partial charge in [-0.05, 0) is 19.0 Å². The van der Waals surface area contributed by atoms with Crippen molar-refractivity contribution in [2.45, 2.75) is 6.85 Å². The van der Waals surface area contributed by atoms with E-state index in [1.165, 1.54) is 6.07 Å². The van der Waals surface area contributed by atoms with Gasteiger partial charge < -0.3 is 10.6 Å². The lowest BCUT2D eigenvalue weighted by Gasteiger charge is -2.13. The summed E-state index contributed by atoms with van der Waals surface area (Å²) in [4.78, 5) is 0.0967. The third kappa shape index (κ3) is 1.80. The normalized spacial score (nSPS) is 24.0. The molecular weight excluding hydrogens is 140 g/mol. The van der Waals surface area contributed by atoms with E-state index in [1.54, 1.807) is 0 Å². The van der Waals surface area contributed by atoms with Crippen LogP contribution in [0.5, 0.6) is 0 Å². The van der Waals surface area contributed by atoms with Crippen molar-refractivity contribution < 1.29 is 11.0 Å². The summed E-state index contributed by atoms with van der Waals surface area (Å²) in [5.41, 5.74) is 5.29. The van der Waals surface area contributed by atoms with Crippen LogP contribution >= 0.6 is 0 Å². The molecule has 0 fully saturated rings. The maximum atomic E-state index is 7.55. The van der Waals surface area contributed by atoms with Gasteiger partial charge in [-0.1, -0.05) is 0 Å². The Bertz CT molecular complexity index is 436. The standard InChI is InChI=1S/C7H12N4/c1-3-11(2)7-5-4-6(8)9-10-7/h4-5H,3H2,1-2H3,(H2,8,9)/i1D3,2D3,3D2. The van der Waals surface area contributed by atoms with Crippen LogP contribution in [-0.2, 0) is 0 Å². The molecule has 0 aliphatic heterocycles. The fourth-order valence-corrected chi connectivity index (χ4v) is 0.512. The minimum atomic E-state index is -3.18. The van der Waals surface area contributed by atoms with Gasteiger partial charge in [0.05, 0.1) is 0 Å². The smallest absolute Gasteiger partial charge is 0.151 e. The fraction of sp³-hybridized carbons (Fsp3) is 0.429. The summed E-state index contributed by atoms with van der Waals surface area (Å²) in [5, 5.41) is 6.82. The highest BCUT2D eigenvalue weighted by Gasteiger charge is 1.98. The molecule has 0 unspecified atom stereocenters. The Morgan fingerprint density at radius 3 is 3.18 bits per heavy atom. The van der Waals surface area contributed by atoms with Crippen molar-refractivity contribution in [1.82, 2.24) is 10.2 Å². The minimum absolute atomic E-state index is 0.00341. The van der Waals surface area contributed by atoms with Crippen LogP contribution in [0, 0.1) is 0 Å². The van der Waals surface area contributed by atoms with Crippen LogP contribution in [0.2, 0.25) is 0 Å². The molecule has 1 rings (SSSR count). The summed E-state index contributed by atoms with van der Waals surface area (Å²) in [6.07, 6.45) is 0. The Labute approximate surface area is 77.3 Å². The average molecular weight is 160 g/mol. The molecule has 0 aliphatic rings. The monoisotopic (exact) mass is 160 g/mol. The largest absolute Gasteiger partial charge is 0.382 e. The van der Waals surface area contributed by atoms with Crippen molar-refractivity contribution in [2.75, 3.05) is 24.1 Å². The molecule has 0 aromatic carbocycles. The summed E-state index contributed by atoms with van der Waals surface area (Å²) in [7, 11) is 0. The van der Waals surface area contributed by atoms with Gasteiger partial charge in [0.1, 0.15) is 5.82 Å². The molecule has 0 atom stereocenters. The topological polar surface area (TPSA) is 55.0 Å². The van der Waals surface area contributed by atoms with Gasteiger partial charge in [0.2, 0.25) is 0 Å². The van der Waals surface area contributed by atoms with E-state index >= 15 is 0 Å². The van der Waals surface area contributed by atoms with Gasteiger partial charge in [0.25, 0.3) is 0 Å². The zero-order valence-electron chi connectivity index (χ0n) is 13.6. The highest BCUT2D eigenvalue weighted by Crippen LogP contribution is 2.06. The zero-order chi connectivity index (χ0) is 15.1. The molecule has 0 aliphatic carbocycles. The average Bonchev–Trinajstić information content (AvgIpc) is 2.17. The molecule has 0 saturated carbocycles. The molecule has 2 N–H and O–H groups in total. The molecular formula is C7H12N4. The Kier molecular flexibility index (Phi) is 0.675. The molecule has 4 nitrogen and oxygen atoms in total. The van der Waals surface area contributed by atoms with Crippen LogP contribution in [0.25, 0.3) is 0 Å². The molecule has 0 saturated heterocycles. The van der Waals surface area contributed by atoms with E-state index in [9.17, 15) is 0 Å². The lowest BCUT2D eigenvalue weighted by Crippen LogP contribution is -2.17. The molecule has 1 heterocycles. The number of nitrogens with zero attached hydrogens (tertiary/aromatic N) is 3. The second-order valence-electron chi connectivity index (χ2n) is 1.76. The Balaban J connectivity index is 3.36. The Hall–Kier alpha value is -1.32. The van der Waals surface area contributed by atoms with Gasteiger partial charge in [0.15, 0.2) is 5.82 Å². The van der Waals surface area contributed by atoms with Gasteiger partial charge in [0, 0.05) is 24.4 Å². The number of nitrogen functional groups attached to an aromatic ring is 1. The van der Waals surface area contributed by atoms with E-state index in [2.05, 4.69) is 10.2 Å². The minimum Gasteiger partial charge on any atom is -0.382 e. The molecule has 1 aromatic rings. The van der Waals surface area contributed by atoms with Crippen molar-refractivity contribution in [3.63, 3.8) is 0 Å². The lowest BCUT2D eigenvalue weighted by molar-refractivity contribution is 0.900. The first kappa shape index (κ1) is 2.33. The predicted molar refractivity (Wildman–Crippen MR) is 45.4 cm³/mol. The van der Waals surface area contributed by atoms with Crippen LogP contribution in [-0.4, -0.2) is 23.7 Å². The Morgan fingerprint density at radius 1 is 1.73 bits per heavy atom. The zero-order valence-corrected chi connectivity index (χ0v) is 5.57. The van der Waals surface area contributed by atoms with Gasteiger partial charge in [-0.25, -0.2) is 0 Å². The number of aromatic nitrogens is 2. The van der Waals surface area contributed by atoms with Crippen molar-refractivity contribution in [1.29, 1.82) is 0 Å². The summed E-state index contributed by atoms with van der Waals surface area (Å²) in [5.74, 6) is -0.431. The maximum absolute atomic E-state index is 7.55. The first-order valence-corrected chi connectivity index (χ1v) is 2.77.